The van der Waals surface area contributed by atoms with E-state index in [1.54, 1.807) is 4.68 Å². The Bertz CT molecular complexity index is 1250. The van der Waals surface area contributed by atoms with Gasteiger partial charge in [-0.1, -0.05) is 18.2 Å². The van der Waals surface area contributed by atoms with Crippen LogP contribution in [0.25, 0.3) is 21.8 Å². The molecule has 0 saturated carbocycles. The van der Waals surface area contributed by atoms with Gasteiger partial charge in [0.25, 0.3) is 0 Å². The molecule has 0 aliphatic carbocycles. The van der Waals surface area contributed by atoms with Gasteiger partial charge < -0.3 is 9.88 Å². The largest absolute Gasteiger partial charge is 0.338 e. The number of hydrogen-bond acceptors (Lipinski definition) is 3. The minimum atomic E-state index is -0.101. The van der Waals surface area contributed by atoms with Crippen molar-refractivity contribution in [2.75, 3.05) is 5.32 Å². The molecule has 0 aliphatic heterocycles. The normalized spacial score (nSPS) is 11.7. The molecule has 1 N–H and O–H groups in total. The number of carbonyl (C=O) groups excluding carboxylic acids is 1. The highest BCUT2D eigenvalue weighted by molar-refractivity contribution is 6.12. The van der Waals surface area contributed by atoms with Crippen LogP contribution in [0.1, 0.15) is 42.7 Å². The quantitative estimate of drug-likeness (QED) is 0.543. The fourth-order valence-electron chi connectivity index (χ4n) is 4.29. The van der Waals surface area contributed by atoms with Crippen molar-refractivity contribution in [1.29, 1.82) is 0 Å². The highest BCUT2D eigenvalue weighted by Gasteiger charge is 2.19. The van der Waals surface area contributed by atoms with Crippen LogP contribution in [0.3, 0.4) is 0 Å². The maximum Gasteiger partial charge on any atom is 0.246 e. The minimum absolute atomic E-state index is 0.101. The Hall–Kier alpha value is -3.15. The van der Waals surface area contributed by atoms with Gasteiger partial charge in [-0.3, -0.25) is 4.79 Å². The van der Waals surface area contributed by atoms with Gasteiger partial charge >= 0.3 is 0 Å². The highest BCUT2D eigenvalue weighted by Crippen LogP contribution is 2.38. The first-order valence-corrected chi connectivity index (χ1v) is 9.98. The average molecular weight is 390 g/mol. The SMILES string of the molecule is Cc1nc(C)n(CC(=O)Nc2c(C)cc3c(c2C)c2ccccc2n3C(C)C)n1. The van der Waals surface area contributed by atoms with Crippen molar-refractivity contribution < 1.29 is 4.79 Å². The highest BCUT2D eigenvalue weighted by atomic mass is 16.2. The molecule has 6 heteroatoms. The first-order chi connectivity index (χ1) is 13.8. The molecule has 150 valence electrons. The molecule has 4 rings (SSSR count). The summed E-state index contributed by atoms with van der Waals surface area (Å²) < 4.78 is 4.01. The first kappa shape index (κ1) is 19.2. The number of rotatable bonds is 4. The summed E-state index contributed by atoms with van der Waals surface area (Å²) >= 11 is 0. The lowest BCUT2D eigenvalue weighted by Gasteiger charge is -2.16. The maximum atomic E-state index is 12.8. The van der Waals surface area contributed by atoms with Crippen LogP contribution >= 0.6 is 0 Å². The molecule has 0 saturated heterocycles. The lowest BCUT2D eigenvalue weighted by molar-refractivity contribution is -0.117. The van der Waals surface area contributed by atoms with Crippen LogP contribution in [0.15, 0.2) is 30.3 Å². The molecular formula is C23H27N5O. The second kappa shape index (κ2) is 7.03. The Morgan fingerprint density at radius 1 is 1.10 bits per heavy atom. The van der Waals surface area contributed by atoms with Crippen LogP contribution in [-0.4, -0.2) is 25.2 Å². The molecule has 0 bridgehead atoms. The summed E-state index contributed by atoms with van der Waals surface area (Å²) in [7, 11) is 0. The fourth-order valence-corrected chi connectivity index (χ4v) is 4.29. The molecule has 29 heavy (non-hydrogen) atoms. The summed E-state index contributed by atoms with van der Waals surface area (Å²) in [6, 6.07) is 11.0. The molecule has 0 spiro atoms. The minimum Gasteiger partial charge on any atom is -0.338 e. The molecule has 2 aromatic heterocycles. The van der Waals surface area contributed by atoms with Crippen molar-refractivity contribution in [3.05, 3.63) is 53.1 Å². The van der Waals surface area contributed by atoms with Crippen molar-refractivity contribution in [2.24, 2.45) is 0 Å². The van der Waals surface area contributed by atoms with Crippen molar-refractivity contribution >= 4 is 33.4 Å². The predicted molar refractivity (Wildman–Crippen MR) is 117 cm³/mol. The topological polar surface area (TPSA) is 64.7 Å². The summed E-state index contributed by atoms with van der Waals surface area (Å²) in [5.41, 5.74) is 5.45. The zero-order valence-electron chi connectivity index (χ0n) is 17.9. The van der Waals surface area contributed by atoms with Gasteiger partial charge in [0.1, 0.15) is 18.2 Å². The third-order valence-electron chi connectivity index (χ3n) is 5.48. The van der Waals surface area contributed by atoms with Gasteiger partial charge in [0.15, 0.2) is 0 Å². The van der Waals surface area contributed by atoms with E-state index in [0.717, 1.165) is 22.6 Å². The molecule has 2 heterocycles. The van der Waals surface area contributed by atoms with Crippen LogP contribution < -0.4 is 5.32 Å². The summed E-state index contributed by atoms with van der Waals surface area (Å²) in [5, 5.41) is 9.83. The Morgan fingerprint density at radius 2 is 1.83 bits per heavy atom. The van der Waals surface area contributed by atoms with Crippen molar-refractivity contribution in [1.82, 2.24) is 19.3 Å². The van der Waals surface area contributed by atoms with Gasteiger partial charge in [0.05, 0.1) is 5.52 Å². The average Bonchev–Trinajstić information content (AvgIpc) is 3.14. The van der Waals surface area contributed by atoms with Gasteiger partial charge in [-0.25, -0.2) is 9.67 Å². The van der Waals surface area contributed by atoms with Crippen LogP contribution in [-0.2, 0) is 11.3 Å². The van der Waals surface area contributed by atoms with Crippen LogP contribution in [0, 0.1) is 27.7 Å². The molecule has 0 radical (unpaired) electrons. The van der Waals surface area contributed by atoms with E-state index in [1.807, 2.05) is 13.8 Å². The van der Waals surface area contributed by atoms with Gasteiger partial charge in [-0.2, -0.15) is 5.10 Å². The molecule has 2 aromatic carbocycles. The number of aryl methyl sites for hydroxylation is 4. The van der Waals surface area contributed by atoms with E-state index in [0.29, 0.717) is 11.9 Å². The number of fused-ring (bicyclic) bond motifs is 3. The smallest absolute Gasteiger partial charge is 0.246 e. The molecular weight excluding hydrogens is 362 g/mol. The number of aromatic nitrogens is 4. The summed E-state index contributed by atoms with van der Waals surface area (Å²) in [4.78, 5) is 17.0. The zero-order chi connectivity index (χ0) is 20.9. The molecule has 4 aromatic rings. The third kappa shape index (κ3) is 3.18. The molecule has 1 amide bonds. The summed E-state index contributed by atoms with van der Waals surface area (Å²) in [5.74, 6) is 1.31. The Morgan fingerprint density at radius 3 is 2.48 bits per heavy atom. The lowest BCUT2D eigenvalue weighted by atomic mass is 10.0. The number of benzene rings is 2. The number of hydrogen-bond donors (Lipinski definition) is 1. The summed E-state index contributed by atoms with van der Waals surface area (Å²) in [6.45, 7) is 12.4. The number of carbonyl (C=O) groups is 1. The second-order valence-corrected chi connectivity index (χ2v) is 7.98. The fraction of sp³-hybridized carbons (Fsp3) is 0.348. The molecule has 6 nitrogen and oxygen atoms in total. The predicted octanol–water partition coefficient (Wildman–Crippen LogP) is 4.84. The van der Waals surface area contributed by atoms with Crippen LogP contribution in [0.2, 0.25) is 0 Å². The number of para-hydroxylation sites is 1. The van der Waals surface area contributed by atoms with Crippen LogP contribution in [0.5, 0.6) is 0 Å². The number of nitrogens with zero attached hydrogens (tertiary/aromatic N) is 4. The van der Waals surface area contributed by atoms with Gasteiger partial charge in [0, 0.05) is 28.0 Å². The van der Waals surface area contributed by atoms with Crippen LogP contribution in [0.4, 0.5) is 5.69 Å². The Balaban J connectivity index is 1.81. The van der Waals surface area contributed by atoms with Gasteiger partial charge in [-0.05, 0) is 64.8 Å². The Labute approximate surface area is 170 Å². The standard InChI is InChI=1S/C23H27N5O/c1-13(2)28-19-10-8-7-9-18(19)22-15(4)23(14(3)11-20(22)28)25-21(29)12-27-17(6)24-16(5)26-27/h7-11,13H,12H2,1-6H3,(H,25,29). The molecule has 0 aliphatic rings. The molecule has 0 fully saturated rings. The second-order valence-electron chi connectivity index (χ2n) is 7.98. The van der Waals surface area contributed by atoms with Crippen molar-refractivity contribution in [3.63, 3.8) is 0 Å². The Kier molecular flexibility index (Phi) is 4.65. The number of amides is 1. The number of anilines is 1. The summed E-state index contributed by atoms with van der Waals surface area (Å²) in [6.07, 6.45) is 0. The van der Waals surface area contributed by atoms with E-state index in [2.05, 4.69) is 78.0 Å². The maximum absolute atomic E-state index is 12.8. The molecule has 0 atom stereocenters. The van der Waals surface area contributed by atoms with Crippen molar-refractivity contribution in [2.45, 2.75) is 54.1 Å². The van der Waals surface area contributed by atoms with E-state index in [9.17, 15) is 4.79 Å². The zero-order valence-corrected chi connectivity index (χ0v) is 17.9. The van der Waals surface area contributed by atoms with E-state index in [1.165, 1.54) is 21.8 Å². The van der Waals surface area contributed by atoms with E-state index in [4.69, 9.17) is 0 Å². The van der Waals surface area contributed by atoms with E-state index in [-0.39, 0.29) is 12.5 Å². The van der Waals surface area contributed by atoms with E-state index >= 15 is 0 Å². The lowest BCUT2D eigenvalue weighted by Crippen LogP contribution is -2.21. The van der Waals surface area contributed by atoms with Crippen molar-refractivity contribution in [3.8, 4) is 0 Å². The van der Waals surface area contributed by atoms with E-state index < -0.39 is 0 Å². The monoisotopic (exact) mass is 389 g/mol. The molecule has 0 unspecified atom stereocenters. The van der Waals surface area contributed by atoms with Gasteiger partial charge in [-0.15, -0.1) is 0 Å². The van der Waals surface area contributed by atoms with Gasteiger partial charge in [0.2, 0.25) is 5.91 Å². The first-order valence-electron chi connectivity index (χ1n) is 9.98. The number of nitrogens with one attached hydrogen (secondary N) is 1. The third-order valence-corrected chi connectivity index (χ3v) is 5.48.